The number of benzene rings is 1. The molecule has 0 N–H and O–H groups in total. The van der Waals surface area contributed by atoms with Crippen molar-refractivity contribution >= 4 is 11.6 Å². The van der Waals surface area contributed by atoms with Crippen molar-refractivity contribution in [3.8, 4) is 0 Å². The second kappa shape index (κ2) is 1.88. The topological polar surface area (TPSA) is 55.5 Å². The molecule has 0 atom stereocenters. The number of azo groups is 1. The third kappa shape index (κ3) is 0.724. The van der Waals surface area contributed by atoms with Crippen LogP contribution in [0.25, 0.3) is 0 Å². The lowest BCUT2D eigenvalue weighted by Gasteiger charge is -1.91. The van der Waals surface area contributed by atoms with Gasteiger partial charge in [-0.05, 0) is 10.9 Å². The third-order valence-electron chi connectivity index (χ3n) is 1.52. The zero-order chi connectivity index (χ0) is 7.84. The summed E-state index contributed by atoms with van der Waals surface area (Å²) in [7, 11) is 0. The maximum absolute atomic E-state index is 10.9. The van der Waals surface area contributed by atoms with Crippen LogP contribution in [0.3, 0.4) is 0 Å². The monoisotopic (exact) mass is 148 g/mol. The van der Waals surface area contributed by atoms with E-state index in [1.165, 1.54) is 0 Å². The minimum absolute atomic E-state index is 0.331. The number of fused-ring (bicyclic) bond motifs is 1. The van der Waals surface area contributed by atoms with Crippen LogP contribution in [0.4, 0.5) is 5.69 Å². The number of rotatable bonds is 0. The maximum Gasteiger partial charge on any atom is 0.347 e. The van der Waals surface area contributed by atoms with E-state index in [1.807, 2.05) is 0 Å². The molecule has 1 heterocycles. The highest BCUT2D eigenvalue weighted by atomic mass is 16.5. The first-order chi connectivity index (χ1) is 5.29. The Hall–Kier alpha value is -1.71. The summed E-state index contributed by atoms with van der Waals surface area (Å²) < 4.78 is 0. The molecule has 1 amide bonds. The molecular formula is C7H4N2O2. The fourth-order valence-electron chi connectivity index (χ4n) is 1.01. The number of carbonyl (C=O) groups is 1. The molecular weight excluding hydrogens is 144 g/mol. The fraction of sp³-hybridized carbons (Fsp3) is 0. The molecule has 2 rings (SSSR count). The Balaban J connectivity index is 2.71. The van der Waals surface area contributed by atoms with E-state index in [1.54, 1.807) is 24.3 Å². The first-order valence-corrected chi connectivity index (χ1v) is 3.11. The highest BCUT2D eigenvalue weighted by molar-refractivity contribution is 5.99. The Labute approximate surface area is 62.4 Å². The molecule has 1 aromatic rings. The molecule has 0 bridgehead atoms. The number of amides is 1. The van der Waals surface area contributed by atoms with E-state index < -0.39 is 5.91 Å². The standard InChI is InChI=1S/C7H4N2O2/c10-7-5-3-1-2-4-6(5)9(11)8-7/h1-4H. The first kappa shape index (κ1) is 6.03. The largest absolute Gasteiger partial charge is 0.594 e. The average molecular weight is 148 g/mol. The second-order valence-electron chi connectivity index (χ2n) is 2.20. The Morgan fingerprint density at radius 3 is 2.82 bits per heavy atom. The maximum atomic E-state index is 10.9. The normalized spacial score (nSPS) is 14.5. The summed E-state index contributed by atoms with van der Waals surface area (Å²) in [5, 5.41) is 14.0. The van der Waals surface area contributed by atoms with Gasteiger partial charge in [-0.2, -0.15) is 0 Å². The first-order valence-electron chi connectivity index (χ1n) is 3.11. The molecule has 0 unspecified atom stereocenters. The molecule has 11 heavy (non-hydrogen) atoms. The van der Waals surface area contributed by atoms with Crippen molar-refractivity contribution in [2.24, 2.45) is 5.11 Å². The molecule has 0 fully saturated rings. The molecule has 0 aromatic heterocycles. The van der Waals surface area contributed by atoms with Crippen LogP contribution in [0.2, 0.25) is 0 Å². The summed E-state index contributed by atoms with van der Waals surface area (Å²) in [6, 6.07) is 6.54. The van der Waals surface area contributed by atoms with E-state index in [0.717, 1.165) is 0 Å². The molecule has 0 saturated heterocycles. The van der Waals surface area contributed by atoms with Crippen molar-refractivity contribution in [1.82, 2.24) is 0 Å². The molecule has 4 nitrogen and oxygen atoms in total. The summed E-state index contributed by atoms with van der Waals surface area (Å²) in [6.45, 7) is 0. The zero-order valence-electron chi connectivity index (χ0n) is 5.52. The Morgan fingerprint density at radius 1 is 1.36 bits per heavy atom. The van der Waals surface area contributed by atoms with E-state index in [9.17, 15) is 10.0 Å². The van der Waals surface area contributed by atoms with E-state index in [-0.39, 0.29) is 0 Å². The van der Waals surface area contributed by atoms with Gasteiger partial charge in [0.05, 0.1) is 5.11 Å². The van der Waals surface area contributed by atoms with Gasteiger partial charge in [-0.3, -0.25) is 4.79 Å². The van der Waals surface area contributed by atoms with E-state index >= 15 is 0 Å². The predicted octanol–water partition coefficient (Wildman–Crippen LogP) is 1.43. The summed E-state index contributed by atoms with van der Waals surface area (Å²) in [5.41, 5.74) is 0.708. The number of nitrogens with zero attached hydrogens (tertiary/aromatic N) is 2. The van der Waals surface area contributed by atoms with Gasteiger partial charge in [0.15, 0.2) is 0 Å². The van der Waals surface area contributed by atoms with Gasteiger partial charge < -0.3 is 5.21 Å². The molecule has 0 saturated carbocycles. The number of hydrogen-bond acceptors (Lipinski definition) is 2. The molecule has 1 aromatic carbocycles. The quantitative estimate of drug-likeness (QED) is 0.412. The van der Waals surface area contributed by atoms with Gasteiger partial charge in [0.1, 0.15) is 5.56 Å². The zero-order valence-corrected chi connectivity index (χ0v) is 5.52. The summed E-state index contributed by atoms with van der Waals surface area (Å²) >= 11 is 0. The van der Waals surface area contributed by atoms with Gasteiger partial charge in [0.25, 0.3) is 5.69 Å². The average Bonchev–Trinajstić information content (AvgIpc) is 2.30. The number of para-hydroxylation sites is 1. The van der Waals surface area contributed by atoms with Crippen molar-refractivity contribution < 1.29 is 9.66 Å². The Morgan fingerprint density at radius 2 is 2.09 bits per heavy atom. The third-order valence-corrected chi connectivity index (χ3v) is 1.52. The van der Waals surface area contributed by atoms with Crippen LogP contribution in [0.15, 0.2) is 29.4 Å². The molecule has 1 aliphatic heterocycles. The summed E-state index contributed by atoms with van der Waals surface area (Å²) in [4.78, 5) is 11.2. The lowest BCUT2D eigenvalue weighted by atomic mass is 10.2. The minimum Gasteiger partial charge on any atom is -0.594 e. The molecule has 1 aliphatic rings. The fourth-order valence-corrected chi connectivity index (χ4v) is 1.01. The second-order valence-corrected chi connectivity index (χ2v) is 2.20. The van der Waals surface area contributed by atoms with Crippen molar-refractivity contribution in [3.63, 3.8) is 0 Å². The lowest BCUT2D eigenvalue weighted by molar-refractivity contribution is -0.429. The van der Waals surface area contributed by atoms with E-state index in [4.69, 9.17) is 0 Å². The van der Waals surface area contributed by atoms with Gasteiger partial charge in [-0.25, -0.2) is 0 Å². The molecule has 0 aliphatic carbocycles. The highest BCUT2D eigenvalue weighted by Gasteiger charge is 2.26. The van der Waals surface area contributed by atoms with E-state index in [2.05, 4.69) is 5.11 Å². The van der Waals surface area contributed by atoms with Crippen LogP contribution < -0.4 is 0 Å². The van der Waals surface area contributed by atoms with Crippen LogP contribution in [-0.2, 0) is 0 Å². The van der Waals surface area contributed by atoms with Gasteiger partial charge in [-0.15, -0.1) is 0 Å². The molecule has 54 valence electrons. The van der Waals surface area contributed by atoms with Crippen LogP contribution >= 0.6 is 0 Å². The van der Waals surface area contributed by atoms with Crippen LogP contribution in [-0.4, -0.2) is 10.8 Å². The van der Waals surface area contributed by atoms with Crippen LogP contribution in [0.5, 0.6) is 0 Å². The van der Waals surface area contributed by atoms with Crippen molar-refractivity contribution in [1.29, 1.82) is 0 Å². The molecule has 4 heteroatoms. The molecule has 0 radical (unpaired) electrons. The van der Waals surface area contributed by atoms with Crippen molar-refractivity contribution in [2.45, 2.75) is 0 Å². The van der Waals surface area contributed by atoms with Crippen LogP contribution in [0.1, 0.15) is 10.4 Å². The Bertz CT molecular complexity index is 357. The highest BCUT2D eigenvalue weighted by Crippen LogP contribution is 2.24. The number of hydrogen-bond donors (Lipinski definition) is 0. The smallest absolute Gasteiger partial charge is 0.347 e. The predicted molar refractivity (Wildman–Crippen MR) is 36.5 cm³/mol. The van der Waals surface area contributed by atoms with Gasteiger partial charge in [-0.1, -0.05) is 12.1 Å². The minimum atomic E-state index is -0.462. The lowest BCUT2D eigenvalue weighted by Crippen LogP contribution is -1.86. The van der Waals surface area contributed by atoms with Crippen molar-refractivity contribution in [3.05, 3.63) is 35.0 Å². The molecule has 0 spiro atoms. The summed E-state index contributed by atoms with van der Waals surface area (Å²) in [5.74, 6) is -0.462. The number of carbonyl (C=O) groups excluding carboxylic acids is 1. The summed E-state index contributed by atoms with van der Waals surface area (Å²) in [6.07, 6.45) is 0. The SMILES string of the molecule is O=C1N=[N+]([O-])c2ccccc21. The van der Waals surface area contributed by atoms with E-state index in [0.29, 0.717) is 16.1 Å². The van der Waals surface area contributed by atoms with Crippen LogP contribution in [0, 0.1) is 5.21 Å². The Kier molecular flexibility index (Phi) is 1.03. The van der Waals surface area contributed by atoms with Gasteiger partial charge in [0.2, 0.25) is 0 Å². The van der Waals surface area contributed by atoms with Crippen molar-refractivity contribution in [2.75, 3.05) is 0 Å². The van der Waals surface area contributed by atoms with Gasteiger partial charge in [0, 0.05) is 6.07 Å². The van der Waals surface area contributed by atoms with Gasteiger partial charge >= 0.3 is 5.91 Å².